The third kappa shape index (κ3) is 3.55. The van der Waals surface area contributed by atoms with Crippen LogP contribution < -0.4 is 0 Å². The fourth-order valence-corrected chi connectivity index (χ4v) is 3.50. The van der Waals surface area contributed by atoms with Gasteiger partial charge in [-0.3, -0.25) is 0 Å². The minimum absolute atomic E-state index is 0.487. The van der Waals surface area contributed by atoms with Crippen molar-refractivity contribution in [2.45, 2.75) is 18.1 Å². The maximum atomic E-state index is 13.6. The highest BCUT2D eigenvalue weighted by Gasteiger charge is 2.39. The van der Waals surface area contributed by atoms with Gasteiger partial charge < -0.3 is 8.85 Å². The fourth-order valence-electron chi connectivity index (χ4n) is 1.71. The molecule has 0 aliphatic rings. The first-order valence-corrected chi connectivity index (χ1v) is 6.75. The van der Waals surface area contributed by atoms with Crippen molar-refractivity contribution in [2.24, 2.45) is 0 Å². The fraction of sp³-hybridized carbons (Fsp3) is 0.455. The zero-order chi connectivity index (χ0) is 12.8. The summed E-state index contributed by atoms with van der Waals surface area (Å²) in [6.07, 6.45) is -5.31. The number of alkyl halides is 3. The molecule has 0 bridgehead atoms. The van der Waals surface area contributed by atoms with E-state index in [4.69, 9.17) is 8.85 Å². The molecule has 2 atom stereocenters. The van der Waals surface area contributed by atoms with E-state index in [0.717, 1.165) is 0 Å². The smallest absolute Gasteiger partial charge is 0.331 e. The molecule has 96 valence electrons. The Kier molecular flexibility index (Phi) is 5.67. The third-order valence-corrected chi connectivity index (χ3v) is 4.79. The molecule has 0 fully saturated rings. The standard InChI is InChI=1S/C11H15F3O2Si/c1-15-17(16-2)10(9(12)11(13)14)8-6-4-3-5-7-8/h3-7,9-11,17H,1-2H3. The number of halogens is 3. The molecular formula is C11H15F3O2Si. The Morgan fingerprint density at radius 2 is 1.53 bits per heavy atom. The van der Waals surface area contributed by atoms with Crippen molar-refractivity contribution < 1.29 is 22.0 Å². The van der Waals surface area contributed by atoms with Gasteiger partial charge >= 0.3 is 9.28 Å². The zero-order valence-corrected chi connectivity index (χ0v) is 10.8. The number of hydrogen-bond acceptors (Lipinski definition) is 2. The highest BCUT2D eigenvalue weighted by molar-refractivity contribution is 6.46. The summed E-state index contributed by atoms with van der Waals surface area (Å²) in [6, 6.07) is 8.32. The van der Waals surface area contributed by atoms with Gasteiger partial charge in [-0.15, -0.1) is 0 Å². The molecular weight excluding hydrogens is 249 g/mol. The average molecular weight is 264 g/mol. The van der Waals surface area contributed by atoms with Crippen LogP contribution in [0, 0.1) is 0 Å². The molecule has 0 aromatic heterocycles. The molecule has 0 saturated heterocycles. The average Bonchev–Trinajstić information content (AvgIpc) is 2.36. The van der Waals surface area contributed by atoms with Gasteiger partial charge in [0, 0.05) is 14.2 Å². The van der Waals surface area contributed by atoms with Crippen LogP contribution in [-0.4, -0.2) is 36.1 Å². The van der Waals surface area contributed by atoms with Crippen molar-refractivity contribution in [2.75, 3.05) is 14.2 Å². The molecule has 0 aliphatic heterocycles. The molecule has 1 aromatic carbocycles. The van der Waals surface area contributed by atoms with E-state index in [1.54, 1.807) is 30.3 Å². The summed E-state index contributed by atoms with van der Waals surface area (Å²) in [5.41, 5.74) is -0.521. The van der Waals surface area contributed by atoms with Crippen molar-refractivity contribution in [3.05, 3.63) is 35.9 Å². The number of hydrogen-bond donors (Lipinski definition) is 0. The molecule has 6 heteroatoms. The lowest BCUT2D eigenvalue weighted by Crippen LogP contribution is -2.38. The summed E-state index contributed by atoms with van der Waals surface area (Å²) in [7, 11) is 0.209. The van der Waals surface area contributed by atoms with Gasteiger partial charge in [-0.05, 0) is 5.56 Å². The molecule has 0 saturated carbocycles. The van der Waals surface area contributed by atoms with Gasteiger partial charge in [-0.25, -0.2) is 13.2 Å². The SMILES string of the molecule is CO[SiH](OC)C(c1ccccc1)C(F)C(F)F. The molecule has 0 spiro atoms. The van der Waals surface area contributed by atoms with Crippen LogP contribution in [0.25, 0.3) is 0 Å². The Balaban J connectivity index is 3.02. The largest absolute Gasteiger partial charge is 0.399 e. The molecule has 1 aromatic rings. The Morgan fingerprint density at radius 1 is 1.00 bits per heavy atom. The van der Waals surface area contributed by atoms with Crippen LogP contribution >= 0.6 is 0 Å². The Labute approximate surface area is 100 Å². The summed E-state index contributed by atoms with van der Waals surface area (Å²) in [5, 5.41) is 0. The van der Waals surface area contributed by atoms with Crippen LogP contribution in [-0.2, 0) is 8.85 Å². The Bertz CT molecular complexity index is 318. The molecule has 0 N–H and O–H groups in total. The van der Waals surface area contributed by atoms with Crippen molar-refractivity contribution in [3.63, 3.8) is 0 Å². The van der Waals surface area contributed by atoms with Crippen molar-refractivity contribution >= 4 is 9.28 Å². The highest BCUT2D eigenvalue weighted by atomic mass is 28.3. The van der Waals surface area contributed by atoms with Gasteiger partial charge in [0.05, 0.1) is 5.54 Å². The van der Waals surface area contributed by atoms with Crippen LogP contribution in [0.5, 0.6) is 0 Å². The van der Waals surface area contributed by atoms with Gasteiger partial charge in [-0.2, -0.15) is 0 Å². The van der Waals surface area contributed by atoms with Crippen LogP contribution in [0.1, 0.15) is 11.1 Å². The van der Waals surface area contributed by atoms with E-state index in [9.17, 15) is 13.2 Å². The maximum Gasteiger partial charge on any atom is 0.331 e. The van der Waals surface area contributed by atoms with Gasteiger partial charge in [0.15, 0.2) is 6.17 Å². The van der Waals surface area contributed by atoms with Crippen molar-refractivity contribution in [1.29, 1.82) is 0 Å². The van der Waals surface area contributed by atoms with Gasteiger partial charge in [0.1, 0.15) is 0 Å². The zero-order valence-electron chi connectivity index (χ0n) is 9.65. The van der Waals surface area contributed by atoms with E-state index in [1.807, 2.05) is 0 Å². The summed E-state index contributed by atoms with van der Waals surface area (Å²) in [4.78, 5) is 0. The van der Waals surface area contributed by atoms with Crippen LogP contribution in [0.3, 0.4) is 0 Å². The van der Waals surface area contributed by atoms with E-state index in [0.29, 0.717) is 5.56 Å². The summed E-state index contributed by atoms with van der Waals surface area (Å²) >= 11 is 0. The minimum atomic E-state index is -3.04. The summed E-state index contributed by atoms with van der Waals surface area (Å²) in [6.45, 7) is 0. The Hall–Kier alpha value is -0.853. The quantitative estimate of drug-likeness (QED) is 0.735. The second-order valence-corrected chi connectivity index (χ2v) is 5.95. The molecule has 1 rings (SSSR count). The lowest BCUT2D eigenvalue weighted by atomic mass is 10.1. The molecule has 0 radical (unpaired) electrons. The first kappa shape index (κ1) is 14.2. The first-order chi connectivity index (χ1) is 8.11. The molecule has 0 heterocycles. The predicted octanol–water partition coefficient (Wildman–Crippen LogP) is 2.43. The predicted molar refractivity (Wildman–Crippen MR) is 61.3 cm³/mol. The topological polar surface area (TPSA) is 18.5 Å². The normalized spacial score (nSPS) is 15.2. The van der Waals surface area contributed by atoms with Crippen LogP contribution in [0.2, 0.25) is 0 Å². The molecule has 2 nitrogen and oxygen atoms in total. The van der Waals surface area contributed by atoms with Crippen molar-refractivity contribution in [3.8, 4) is 0 Å². The Morgan fingerprint density at radius 3 is 1.94 bits per heavy atom. The van der Waals surface area contributed by atoms with E-state index in [-0.39, 0.29) is 0 Å². The molecule has 2 unspecified atom stereocenters. The first-order valence-electron chi connectivity index (χ1n) is 5.14. The summed E-state index contributed by atoms with van der Waals surface area (Å²) in [5.74, 6) is 0. The molecule has 0 amide bonds. The molecule has 17 heavy (non-hydrogen) atoms. The minimum Gasteiger partial charge on any atom is -0.399 e. The maximum absolute atomic E-state index is 13.6. The summed E-state index contributed by atoms with van der Waals surface area (Å²) < 4.78 is 48.8. The van der Waals surface area contributed by atoms with Crippen LogP contribution in [0.4, 0.5) is 13.2 Å². The second kappa shape index (κ2) is 6.78. The van der Waals surface area contributed by atoms with E-state index in [2.05, 4.69) is 0 Å². The van der Waals surface area contributed by atoms with Gasteiger partial charge in [0.2, 0.25) is 0 Å². The molecule has 0 aliphatic carbocycles. The van der Waals surface area contributed by atoms with E-state index >= 15 is 0 Å². The lowest BCUT2D eigenvalue weighted by Gasteiger charge is -2.25. The van der Waals surface area contributed by atoms with Crippen LogP contribution in [0.15, 0.2) is 30.3 Å². The second-order valence-electron chi connectivity index (χ2n) is 3.56. The van der Waals surface area contributed by atoms with E-state index in [1.165, 1.54) is 14.2 Å². The van der Waals surface area contributed by atoms with Crippen molar-refractivity contribution in [1.82, 2.24) is 0 Å². The van der Waals surface area contributed by atoms with Gasteiger partial charge in [-0.1, -0.05) is 30.3 Å². The highest BCUT2D eigenvalue weighted by Crippen LogP contribution is 2.29. The van der Waals surface area contributed by atoms with E-state index < -0.39 is 27.4 Å². The number of rotatable bonds is 6. The third-order valence-electron chi connectivity index (χ3n) is 2.53. The monoisotopic (exact) mass is 264 g/mol. The lowest BCUT2D eigenvalue weighted by molar-refractivity contribution is 0.0396. The van der Waals surface area contributed by atoms with Gasteiger partial charge in [0.25, 0.3) is 6.43 Å². The number of benzene rings is 1.